The van der Waals surface area contributed by atoms with Gasteiger partial charge in [0.25, 0.3) is 0 Å². The van der Waals surface area contributed by atoms with E-state index in [1.54, 1.807) is 16.6 Å². The Morgan fingerprint density at radius 1 is 1.23 bits per heavy atom. The number of likely N-dealkylation sites (N-methyl/N-ethyl adjacent to an activating group) is 1. The fourth-order valence-electron chi connectivity index (χ4n) is 2.40. The number of carbonyl (C=O) groups excluding carboxylic acids is 1. The Morgan fingerprint density at radius 2 is 1.88 bits per heavy atom. The van der Waals surface area contributed by atoms with Crippen molar-refractivity contribution < 1.29 is 14.7 Å². The van der Waals surface area contributed by atoms with Gasteiger partial charge in [0.05, 0.1) is 24.3 Å². The molecule has 1 amide bonds. The first-order valence-corrected chi connectivity index (χ1v) is 8.53. The van der Waals surface area contributed by atoms with Crippen LogP contribution in [0.2, 0.25) is 0 Å². The standard InChI is InChI=1S/C19H26N4O3/c1-19(2,3)15-12-16(23(21-15)14-8-6-5-7-9-14)20-17(24)13-22(4)11-10-18(25)26/h5-9,12H,10-11,13H2,1-4H3,(H,20,24)(H,25,26). The lowest BCUT2D eigenvalue weighted by Crippen LogP contribution is -2.32. The molecular weight excluding hydrogens is 332 g/mol. The van der Waals surface area contributed by atoms with Crippen LogP contribution in [0.3, 0.4) is 0 Å². The smallest absolute Gasteiger partial charge is 0.304 e. The normalized spacial score (nSPS) is 11.6. The van der Waals surface area contributed by atoms with Gasteiger partial charge in [-0.15, -0.1) is 0 Å². The third-order valence-electron chi connectivity index (χ3n) is 3.87. The van der Waals surface area contributed by atoms with Crippen LogP contribution < -0.4 is 5.32 Å². The Bertz CT molecular complexity index is 763. The van der Waals surface area contributed by atoms with Crippen LogP contribution in [0, 0.1) is 0 Å². The highest BCUT2D eigenvalue weighted by Crippen LogP contribution is 2.26. The molecule has 7 heteroatoms. The lowest BCUT2D eigenvalue weighted by molar-refractivity contribution is -0.137. The molecule has 26 heavy (non-hydrogen) atoms. The van der Waals surface area contributed by atoms with Crippen molar-refractivity contribution in [2.24, 2.45) is 0 Å². The fourth-order valence-corrected chi connectivity index (χ4v) is 2.40. The molecule has 2 aromatic rings. The van der Waals surface area contributed by atoms with Gasteiger partial charge in [0, 0.05) is 18.0 Å². The predicted molar refractivity (Wildman–Crippen MR) is 101 cm³/mol. The molecule has 0 fully saturated rings. The highest BCUT2D eigenvalue weighted by molar-refractivity contribution is 5.91. The van der Waals surface area contributed by atoms with E-state index in [0.29, 0.717) is 12.4 Å². The average Bonchev–Trinajstić information content (AvgIpc) is 2.97. The van der Waals surface area contributed by atoms with Gasteiger partial charge in [-0.3, -0.25) is 14.5 Å². The summed E-state index contributed by atoms with van der Waals surface area (Å²) in [5, 5.41) is 16.3. The van der Waals surface area contributed by atoms with E-state index in [2.05, 4.69) is 31.2 Å². The van der Waals surface area contributed by atoms with E-state index in [9.17, 15) is 9.59 Å². The number of hydrogen-bond acceptors (Lipinski definition) is 4. The van der Waals surface area contributed by atoms with Gasteiger partial charge in [0.2, 0.25) is 5.91 Å². The first kappa shape index (κ1) is 19.7. The Hall–Kier alpha value is -2.67. The van der Waals surface area contributed by atoms with Crippen molar-refractivity contribution in [2.45, 2.75) is 32.6 Å². The summed E-state index contributed by atoms with van der Waals surface area (Å²) in [4.78, 5) is 24.7. The molecule has 1 aromatic carbocycles. The molecule has 0 aliphatic carbocycles. The zero-order valence-electron chi connectivity index (χ0n) is 15.7. The van der Waals surface area contributed by atoms with Crippen LogP contribution in [-0.4, -0.2) is 51.8 Å². The molecule has 1 heterocycles. The number of hydrogen-bond donors (Lipinski definition) is 2. The number of para-hydroxylation sites is 1. The summed E-state index contributed by atoms with van der Waals surface area (Å²) in [5.74, 6) is -0.498. The van der Waals surface area contributed by atoms with Crippen LogP contribution in [-0.2, 0) is 15.0 Å². The first-order valence-electron chi connectivity index (χ1n) is 8.53. The maximum atomic E-state index is 12.4. The summed E-state index contributed by atoms with van der Waals surface area (Å²) in [7, 11) is 1.72. The van der Waals surface area contributed by atoms with Gasteiger partial charge in [0.15, 0.2) is 0 Å². The summed E-state index contributed by atoms with van der Waals surface area (Å²) < 4.78 is 1.72. The van der Waals surface area contributed by atoms with Crippen molar-refractivity contribution in [1.29, 1.82) is 0 Å². The molecule has 0 radical (unpaired) electrons. The Morgan fingerprint density at radius 3 is 2.46 bits per heavy atom. The molecule has 7 nitrogen and oxygen atoms in total. The molecule has 0 spiro atoms. The van der Waals surface area contributed by atoms with Crippen LogP contribution in [0.15, 0.2) is 36.4 Å². The number of amides is 1. The van der Waals surface area contributed by atoms with Crippen LogP contribution in [0.1, 0.15) is 32.9 Å². The van der Waals surface area contributed by atoms with Crippen molar-refractivity contribution in [2.75, 3.05) is 25.5 Å². The minimum Gasteiger partial charge on any atom is -0.481 e. The van der Waals surface area contributed by atoms with Crippen molar-refractivity contribution in [3.8, 4) is 5.69 Å². The lowest BCUT2D eigenvalue weighted by atomic mass is 9.92. The second-order valence-corrected chi connectivity index (χ2v) is 7.34. The third-order valence-corrected chi connectivity index (χ3v) is 3.87. The van der Waals surface area contributed by atoms with E-state index in [1.165, 1.54) is 0 Å². The van der Waals surface area contributed by atoms with Gasteiger partial charge in [-0.05, 0) is 19.2 Å². The van der Waals surface area contributed by atoms with E-state index < -0.39 is 5.97 Å². The maximum Gasteiger partial charge on any atom is 0.304 e. The SMILES string of the molecule is CN(CCC(=O)O)CC(=O)Nc1cc(C(C)(C)C)nn1-c1ccccc1. The van der Waals surface area contributed by atoms with Crippen LogP contribution in [0.5, 0.6) is 0 Å². The largest absolute Gasteiger partial charge is 0.481 e. The van der Waals surface area contributed by atoms with E-state index in [0.717, 1.165) is 11.4 Å². The molecule has 140 valence electrons. The predicted octanol–water partition coefficient (Wildman–Crippen LogP) is 2.51. The number of rotatable bonds is 7. The minimum atomic E-state index is -0.880. The van der Waals surface area contributed by atoms with Crippen molar-refractivity contribution in [1.82, 2.24) is 14.7 Å². The second-order valence-electron chi connectivity index (χ2n) is 7.34. The van der Waals surface area contributed by atoms with Crippen molar-refractivity contribution in [3.05, 3.63) is 42.1 Å². The summed E-state index contributed by atoms with van der Waals surface area (Å²) in [6.07, 6.45) is -0.0000990. The number of carbonyl (C=O) groups is 2. The molecular formula is C19H26N4O3. The first-order chi connectivity index (χ1) is 12.2. The highest BCUT2D eigenvalue weighted by atomic mass is 16.4. The Kier molecular flexibility index (Phi) is 6.15. The second kappa shape index (κ2) is 8.14. The molecule has 1 aromatic heterocycles. The van der Waals surface area contributed by atoms with E-state index in [-0.39, 0.29) is 24.3 Å². The number of nitrogens with zero attached hydrogens (tertiary/aromatic N) is 3. The molecule has 0 saturated carbocycles. The van der Waals surface area contributed by atoms with Crippen molar-refractivity contribution >= 4 is 17.7 Å². The molecule has 2 rings (SSSR count). The van der Waals surface area contributed by atoms with Crippen LogP contribution in [0.25, 0.3) is 5.69 Å². The number of aliphatic carboxylic acids is 1. The zero-order chi connectivity index (χ0) is 19.3. The molecule has 0 atom stereocenters. The van der Waals surface area contributed by atoms with Gasteiger partial charge in [-0.2, -0.15) is 5.10 Å². The molecule has 0 aliphatic rings. The van der Waals surface area contributed by atoms with Crippen LogP contribution >= 0.6 is 0 Å². The number of carboxylic acid groups (broad SMARTS) is 1. The zero-order valence-corrected chi connectivity index (χ0v) is 15.7. The molecule has 0 saturated heterocycles. The van der Waals surface area contributed by atoms with Gasteiger partial charge in [0.1, 0.15) is 5.82 Å². The number of aromatic nitrogens is 2. The number of benzene rings is 1. The van der Waals surface area contributed by atoms with Crippen LogP contribution in [0.4, 0.5) is 5.82 Å². The maximum absolute atomic E-state index is 12.4. The Balaban J connectivity index is 2.18. The molecule has 0 bridgehead atoms. The quantitative estimate of drug-likeness (QED) is 0.794. The summed E-state index contributed by atoms with van der Waals surface area (Å²) in [5.41, 5.74) is 1.58. The van der Waals surface area contributed by atoms with E-state index in [4.69, 9.17) is 5.11 Å². The topological polar surface area (TPSA) is 87.5 Å². The van der Waals surface area contributed by atoms with Gasteiger partial charge in [-0.25, -0.2) is 4.68 Å². The highest BCUT2D eigenvalue weighted by Gasteiger charge is 2.21. The number of anilines is 1. The Labute approximate surface area is 153 Å². The average molecular weight is 358 g/mol. The molecule has 0 aliphatic heterocycles. The molecule has 2 N–H and O–H groups in total. The lowest BCUT2D eigenvalue weighted by Gasteiger charge is -2.15. The number of carboxylic acids is 1. The number of nitrogens with one attached hydrogen (secondary N) is 1. The van der Waals surface area contributed by atoms with E-state index in [1.807, 2.05) is 36.4 Å². The van der Waals surface area contributed by atoms with Gasteiger partial charge in [-0.1, -0.05) is 39.0 Å². The van der Waals surface area contributed by atoms with Gasteiger partial charge >= 0.3 is 5.97 Å². The third kappa shape index (κ3) is 5.42. The fraction of sp³-hybridized carbons (Fsp3) is 0.421. The van der Waals surface area contributed by atoms with Crippen molar-refractivity contribution in [3.63, 3.8) is 0 Å². The summed E-state index contributed by atoms with van der Waals surface area (Å²) in [6, 6.07) is 11.5. The van der Waals surface area contributed by atoms with Gasteiger partial charge < -0.3 is 10.4 Å². The minimum absolute atomic E-state index is 0.0000990. The van der Waals surface area contributed by atoms with E-state index >= 15 is 0 Å². The summed E-state index contributed by atoms with van der Waals surface area (Å²) in [6.45, 7) is 6.62. The monoisotopic (exact) mass is 358 g/mol. The molecule has 0 unspecified atom stereocenters. The summed E-state index contributed by atoms with van der Waals surface area (Å²) >= 11 is 0.